The van der Waals surface area contributed by atoms with Crippen LogP contribution in [-0.2, 0) is 10.0 Å². The van der Waals surface area contributed by atoms with Crippen molar-refractivity contribution in [3.8, 4) is 0 Å². The molecule has 0 unspecified atom stereocenters. The first-order chi connectivity index (χ1) is 8.19. The molecule has 0 spiro atoms. The van der Waals surface area contributed by atoms with Crippen molar-refractivity contribution in [1.82, 2.24) is 4.72 Å². The van der Waals surface area contributed by atoms with Gasteiger partial charge in [-0.1, -0.05) is 21.1 Å². The minimum absolute atomic E-state index is 0.101. The van der Waals surface area contributed by atoms with Crippen molar-refractivity contribution >= 4 is 31.8 Å². The molecule has 0 atom stereocenters. The Balaban J connectivity index is 3.06. The second kappa shape index (κ2) is 5.25. The number of nitrogens with zero attached hydrogens (tertiary/aromatic N) is 1. The van der Waals surface area contributed by atoms with Crippen LogP contribution in [0, 0.1) is 0 Å². The van der Waals surface area contributed by atoms with Gasteiger partial charge in [-0.05, 0) is 38.1 Å². The molecule has 0 aliphatic rings. The first-order valence-corrected chi connectivity index (χ1v) is 7.24. The molecule has 0 aromatic heterocycles. The lowest BCUT2D eigenvalue weighted by atomic mass is 10.1. The average Bonchev–Trinajstić information content (AvgIpc) is 2.27. The molecule has 18 heavy (non-hydrogen) atoms. The molecule has 0 bridgehead atoms. The average molecular weight is 336 g/mol. The molecule has 4 N–H and O–H groups in total. The summed E-state index contributed by atoms with van der Waals surface area (Å²) >= 11 is 3.22. The third kappa shape index (κ3) is 3.44. The van der Waals surface area contributed by atoms with Crippen LogP contribution in [0.2, 0.25) is 0 Å². The minimum atomic E-state index is -3.73. The van der Waals surface area contributed by atoms with E-state index in [1.165, 1.54) is 26.0 Å². The summed E-state index contributed by atoms with van der Waals surface area (Å²) in [5, 5.41) is 11.4. The Bertz CT molecular complexity index is 552. The molecule has 100 valence electrons. The van der Waals surface area contributed by atoms with E-state index in [2.05, 4.69) is 25.8 Å². The molecule has 8 heteroatoms. The molecule has 1 aromatic rings. The molecule has 0 fully saturated rings. The molecule has 0 radical (unpaired) electrons. The number of hydrogen-bond donors (Lipinski definition) is 3. The molecule has 0 heterocycles. The molecule has 0 aliphatic carbocycles. The smallest absolute Gasteiger partial charge is 0.241 e. The van der Waals surface area contributed by atoms with Crippen molar-refractivity contribution < 1.29 is 13.6 Å². The van der Waals surface area contributed by atoms with Crippen LogP contribution in [0.25, 0.3) is 0 Å². The largest absolute Gasteiger partial charge is 0.409 e. The lowest BCUT2D eigenvalue weighted by Crippen LogP contribution is -2.52. The van der Waals surface area contributed by atoms with E-state index in [1.807, 2.05) is 0 Å². The van der Waals surface area contributed by atoms with Crippen molar-refractivity contribution in [2.75, 3.05) is 0 Å². The number of nitrogens with one attached hydrogen (secondary N) is 1. The summed E-state index contributed by atoms with van der Waals surface area (Å²) in [5.74, 6) is -0.219. The van der Waals surface area contributed by atoms with Gasteiger partial charge in [-0.2, -0.15) is 4.72 Å². The Hall–Kier alpha value is -1.12. The minimum Gasteiger partial charge on any atom is -0.409 e. The van der Waals surface area contributed by atoms with Crippen molar-refractivity contribution in [3.05, 3.63) is 28.7 Å². The van der Waals surface area contributed by atoms with Gasteiger partial charge in [0.05, 0.1) is 10.4 Å². The van der Waals surface area contributed by atoms with Gasteiger partial charge in [-0.25, -0.2) is 8.42 Å². The van der Waals surface area contributed by atoms with Crippen molar-refractivity contribution in [3.63, 3.8) is 0 Å². The monoisotopic (exact) mass is 335 g/mol. The SMILES string of the molecule is CC(C)(NS(=O)(=O)c1ccc(Br)cc1)/C(N)=N/O. The lowest BCUT2D eigenvalue weighted by Gasteiger charge is -2.24. The van der Waals surface area contributed by atoms with Gasteiger partial charge in [0.25, 0.3) is 0 Å². The number of hydrogen-bond acceptors (Lipinski definition) is 4. The Labute approximate surface area is 114 Å². The van der Waals surface area contributed by atoms with E-state index < -0.39 is 15.6 Å². The summed E-state index contributed by atoms with van der Waals surface area (Å²) in [5.41, 5.74) is 4.25. The first-order valence-electron chi connectivity index (χ1n) is 4.96. The van der Waals surface area contributed by atoms with Gasteiger partial charge >= 0.3 is 0 Å². The molecular weight excluding hydrogens is 322 g/mol. The number of oxime groups is 1. The fourth-order valence-electron chi connectivity index (χ4n) is 1.19. The highest BCUT2D eigenvalue weighted by atomic mass is 79.9. The van der Waals surface area contributed by atoms with Crippen LogP contribution in [0.1, 0.15) is 13.8 Å². The summed E-state index contributed by atoms with van der Waals surface area (Å²) in [6, 6.07) is 6.14. The van der Waals surface area contributed by atoms with Crippen LogP contribution >= 0.6 is 15.9 Å². The van der Waals surface area contributed by atoms with Gasteiger partial charge < -0.3 is 10.9 Å². The normalized spacial score (nSPS) is 13.6. The van der Waals surface area contributed by atoms with Gasteiger partial charge in [0.15, 0.2) is 5.84 Å². The molecule has 0 saturated carbocycles. The first kappa shape index (κ1) is 14.9. The topological polar surface area (TPSA) is 105 Å². The number of rotatable bonds is 4. The fraction of sp³-hybridized carbons (Fsp3) is 0.300. The number of halogens is 1. The predicted octanol–water partition coefficient (Wildman–Crippen LogP) is 1.25. The molecule has 0 amide bonds. The third-order valence-electron chi connectivity index (χ3n) is 2.26. The van der Waals surface area contributed by atoms with Crippen molar-refractivity contribution in [2.24, 2.45) is 10.9 Å². The second-order valence-electron chi connectivity index (χ2n) is 4.17. The van der Waals surface area contributed by atoms with E-state index in [-0.39, 0.29) is 10.7 Å². The zero-order chi connectivity index (χ0) is 14.0. The highest BCUT2D eigenvalue weighted by Crippen LogP contribution is 2.16. The third-order valence-corrected chi connectivity index (χ3v) is 4.46. The maximum Gasteiger partial charge on any atom is 0.241 e. The highest BCUT2D eigenvalue weighted by Gasteiger charge is 2.30. The fourth-order valence-corrected chi connectivity index (χ4v) is 2.84. The van der Waals surface area contributed by atoms with Crippen LogP contribution in [0.3, 0.4) is 0 Å². The number of benzene rings is 1. The van der Waals surface area contributed by atoms with E-state index in [9.17, 15) is 8.42 Å². The number of amidine groups is 1. The van der Waals surface area contributed by atoms with Crippen LogP contribution in [0.15, 0.2) is 38.8 Å². The molecule has 1 aromatic carbocycles. The van der Waals surface area contributed by atoms with Crippen LogP contribution < -0.4 is 10.5 Å². The second-order valence-corrected chi connectivity index (χ2v) is 6.77. The van der Waals surface area contributed by atoms with Crippen LogP contribution in [-0.4, -0.2) is 25.0 Å². The maximum atomic E-state index is 12.1. The predicted molar refractivity (Wildman–Crippen MR) is 72.0 cm³/mol. The highest BCUT2D eigenvalue weighted by molar-refractivity contribution is 9.10. The summed E-state index contributed by atoms with van der Waals surface area (Å²) in [6.07, 6.45) is 0. The maximum absolute atomic E-state index is 12.1. The van der Waals surface area contributed by atoms with E-state index in [1.54, 1.807) is 12.1 Å². The van der Waals surface area contributed by atoms with E-state index in [0.717, 1.165) is 4.47 Å². The molecular formula is C10H14BrN3O3S. The van der Waals surface area contributed by atoms with Gasteiger partial charge in [0.1, 0.15) is 0 Å². The molecule has 0 aliphatic heterocycles. The summed E-state index contributed by atoms with van der Waals surface area (Å²) < 4.78 is 27.3. The quantitative estimate of drug-likeness (QED) is 0.333. The van der Waals surface area contributed by atoms with E-state index in [0.29, 0.717) is 0 Å². The zero-order valence-electron chi connectivity index (χ0n) is 9.88. The molecule has 0 saturated heterocycles. The number of sulfonamides is 1. The van der Waals surface area contributed by atoms with E-state index in [4.69, 9.17) is 10.9 Å². The van der Waals surface area contributed by atoms with Gasteiger partial charge in [0, 0.05) is 4.47 Å². The van der Waals surface area contributed by atoms with Gasteiger partial charge in [0.2, 0.25) is 10.0 Å². The standard InChI is InChI=1S/C10H14BrN3O3S/c1-10(2,9(12)13-15)14-18(16,17)8-5-3-7(11)4-6-8/h3-6,14-15H,1-2H3,(H2,12,13). The molecule has 6 nitrogen and oxygen atoms in total. The Morgan fingerprint density at radius 2 is 1.89 bits per heavy atom. The van der Waals surface area contributed by atoms with Gasteiger partial charge in [-0.3, -0.25) is 0 Å². The van der Waals surface area contributed by atoms with E-state index >= 15 is 0 Å². The Kier molecular flexibility index (Phi) is 4.36. The van der Waals surface area contributed by atoms with Crippen molar-refractivity contribution in [1.29, 1.82) is 0 Å². The van der Waals surface area contributed by atoms with Gasteiger partial charge in [-0.15, -0.1) is 0 Å². The molecule has 1 rings (SSSR count). The summed E-state index contributed by atoms with van der Waals surface area (Å²) in [4.78, 5) is 0.101. The zero-order valence-corrected chi connectivity index (χ0v) is 12.3. The summed E-state index contributed by atoms with van der Waals surface area (Å²) in [7, 11) is -3.73. The number of nitrogens with two attached hydrogens (primary N) is 1. The summed E-state index contributed by atoms with van der Waals surface area (Å²) in [6.45, 7) is 3.00. The van der Waals surface area contributed by atoms with Crippen LogP contribution in [0.5, 0.6) is 0 Å². The Morgan fingerprint density at radius 3 is 2.33 bits per heavy atom. The lowest BCUT2D eigenvalue weighted by molar-refractivity contribution is 0.312. The Morgan fingerprint density at radius 1 is 1.39 bits per heavy atom. The van der Waals surface area contributed by atoms with Crippen molar-refractivity contribution in [2.45, 2.75) is 24.3 Å². The van der Waals surface area contributed by atoms with Crippen LogP contribution in [0.4, 0.5) is 0 Å².